The number of ether oxygens (including phenoxy) is 1. The number of rotatable bonds is 7. The van der Waals surface area contributed by atoms with E-state index in [4.69, 9.17) is 4.74 Å². The molecule has 5 heteroatoms. The SMILES string of the molecule is COc1cc(C)c(C(=O)Nc2ccccc2C(=O)N[C@@H](C)c2ccccc2)cc1C(C)C. The number of anilines is 1. The maximum absolute atomic E-state index is 13.1. The van der Waals surface area contributed by atoms with Gasteiger partial charge in [0.1, 0.15) is 5.75 Å². The van der Waals surface area contributed by atoms with Crippen LogP contribution >= 0.6 is 0 Å². The van der Waals surface area contributed by atoms with Crippen LogP contribution in [-0.2, 0) is 0 Å². The zero-order valence-corrected chi connectivity index (χ0v) is 19.2. The average molecular weight is 431 g/mol. The largest absolute Gasteiger partial charge is 0.496 e. The molecule has 32 heavy (non-hydrogen) atoms. The molecule has 0 aromatic heterocycles. The molecule has 0 radical (unpaired) electrons. The van der Waals surface area contributed by atoms with Crippen molar-refractivity contribution in [2.45, 2.75) is 39.7 Å². The van der Waals surface area contributed by atoms with Gasteiger partial charge in [-0.05, 0) is 60.7 Å². The van der Waals surface area contributed by atoms with E-state index < -0.39 is 0 Å². The molecule has 0 spiro atoms. The van der Waals surface area contributed by atoms with Gasteiger partial charge in [0.15, 0.2) is 0 Å². The fourth-order valence-corrected chi connectivity index (χ4v) is 3.65. The maximum Gasteiger partial charge on any atom is 0.255 e. The summed E-state index contributed by atoms with van der Waals surface area (Å²) in [5, 5.41) is 5.93. The van der Waals surface area contributed by atoms with E-state index >= 15 is 0 Å². The van der Waals surface area contributed by atoms with Crippen LogP contribution in [0.25, 0.3) is 0 Å². The van der Waals surface area contributed by atoms with Gasteiger partial charge in [0, 0.05) is 5.56 Å². The smallest absolute Gasteiger partial charge is 0.255 e. The van der Waals surface area contributed by atoms with Crippen molar-refractivity contribution in [1.29, 1.82) is 0 Å². The molecule has 3 aromatic rings. The monoisotopic (exact) mass is 430 g/mol. The first-order valence-electron chi connectivity index (χ1n) is 10.8. The van der Waals surface area contributed by atoms with Crippen LogP contribution in [-0.4, -0.2) is 18.9 Å². The Bertz CT molecular complexity index is 1110. The molecular weight excluding hydrogens is 400 g/mol. The summed E-state index contributed by atoms with van der Waals surface area (Å²) >= 11 is 0. The molecule has 166 valence electrons. The Balaban J connectivity index is 1.84. The van der Waals surface area contributed by atoms with Crippen molar-refractivity contribution in [1.82, 2.24) is 5.32 Å². The zero-order valence-electron chi connectivity index (χ0n) is 19.2. The normalized spacial score (nSPS) is 11.7. The van der Waals surface area contributed by atoms with E-state index in [0.29, 0.717) is 16.8 Å². The van der Waals surface area contributed by atoms with Crippen molar-refractivity contribution in [2.24, 2.45) is 0 Å². The Morgan fingerprint density at radius 1 is 0.844 bits per heavy atom. The third kappa shape index (κ3) is 5.17. The van der Waals surface area contributed by atoms with Crippen molar-refractivity contribution >= 4 is 17.5 Å². The minimum Gasteiger partial charge on any atom is -0.496 e. The van der Waals surface area contributed by atoms with E-state index in [1.807, 2.05) is 56.3 Å². The summed E-state index contributed by atoms with van der Waals surface area (Å²) in [6.45, 7) is 7.93. The zero-order chi connectivity index (χ0) is 23.3. The summed E-state index contributed by atoms with van der Waals surface area (Å²) in [7, 11) is 1.63. The third-order valence-electron chi connectivity index (χ3n) is 5.51. The minimum absolute atomic E-state index is 0.162. The molecule has 1 atom stereocenters. The van der Waals surface area contributed by atoms with E-state index in [1.54, 1.807) is 31.4 Å². The first-order valence-corrected chi connectivity index (χ1v) is 10.8. The third-order valence-corrected chi connectivity index (χ3v) is 5.51. The Hall–Kier alpha value is -3.60. The highest BCUT2D eigenvalue weighted by Gasteiger charge is 2.19. The number of amides is 2. The average Bonchev–Trinajstić information content (AvgIpc) is 2.79. The van der Waals surface area contributed by atoms with Crippen molar-refractivity contribution < 1.29 is 14.3 Å². The van der Waals surface area contributed by atoms with Crippen LogP contribution in [0, 0.1) is 6.92 Å². The second-order valence-electron chi connectivity index (χ2n) is 8.17. The van der Waals surface area contributed by atoms with E-state index in [-0.39, 0.29) is 23.8 Å². The van der Waals surface area contributed by atoms with Crippen molar-refractivity contribution in [3.63, 3.8) is 0 Å². The predicted octanol–water partition coefficient (Wildman–Crippen LogP) is 5.87. The van der Waals surface area contributed by atoms with Crippen LogP contribution < -0.4 is 15.4 Å². The highest BCUT2D eigenvalue weighted by Crippen LogP contribution is 2.30. The van der Waals surface area contributed by atoms with Gasteiger partial charge in [0.2, 0.25) is 0 Å². The molecule has 0 saturated carbocycles. The summed E-state index contributed by atoms with van der Waals surface area (Å²) in [4.78, 5) is 26.1. The molecule has 0 unspecified atom stereocenters. The molecule has 0 aliphatic rings. The minimum atomic E-state index is -0.261. The molecule has 3 rings (SSSR count). The second kappa shape index (κ2) is 10.1. The molecule has 2 amide bonds. The maximum atomic E-state index is 13.1. The summed E-state index contributed by atoms with van der Waals surface area (Å²) in [6, 6.07) is 20.4. The Labute approximate surface area is 189 Å². The van der Waals surface area contributed by atoms with E-state index in [1.165, 1.54) is 0 Å². The van der Waals surface area contributed by atoms with Gasteiger partial charge in [-0.1, -0.05) is 56.3 Å². The van der Waals surface area contributed by atoms with E-state index in [9.17, 15) is 9.59 Å². The number of para-hydroxylation sites is 1. The van der Waals surface area contributed by atoms with Crippen LogP contribution in [0.15, 0.2) is 66.7 Å². The molecule has 0 aliphatic heterocycles. The van der Waals surface area contributed by atoms with Gasteiger partial charge in [-0.3, -0.25) is 9.59 Å². The first kappa shape index (κ1) is 23.1. The second-order valence-corrected chi connectivity index (χ2v) is 8.17. The molecular formula is C27H30N2O3. The van der Waals surface area contributed by atoms with Crippen LogP contribution in [0.3, 0.4) is 0 Å². The van der Waals surface area contributed by atoms with Crippen LogP contribution in [0.1, 0.15) is 70.1 Å². The Morgan fingerprint density at radius 2 is 1.50 bits per heavy atom. The summed E-state index contributed by atoms with van der Waals surface area (Å²) in [5.74, 6) is 0.466. The van der Waals surface area contributed by atoms with Gasteiger partial charge in [0.25, 0.3) is 11.8 Å². The lowest BCUT2D eigenvalue weighted by molar-refractivity contribution is 0.0940. The summed E-state index contributed by atoms with van der Waals surface area (Å²) in [6.07, 6.45) is 0. The number of carbonyl (C=O) groups is 2. The summed E-state index contributed by atoms with van der Waals surface area (Å²) < 4.78 is 5.48. The fourth-order valence-electron chi connectivity index (χ4n) is 3.65. The van der Waals surface area contributed by atoms with Gasteiger partial charge in [-0.25, -0.2) is 0 Å². The van der Waals surface area contributed by atoms with Crippen LogP contribution in [0.5, 0.6) is 5.75 Å². The lowest BCUT2D eigenvalue weighted by Gasteiger charge is -2.18. The molecule has 5 nitrogen and oxygen atoms in total. The number of aryl methyl sites for hydroxylation is 1. The molecule has 0 fully saturated rings. The molecule has 0 bridgehead atoms. The number of methoxy groups -OCH3 is 1. The predicted molar refractivity (Wildman–Crippen MR) is 129 cm³/mol. The van der Waals surface area contributed by atoms with Gasteiger partial charge < -0.3 is 15.4 Å². The van der Waals surface area contributed by atoms with Crippen molar-refractivity contribution in [3.8, 4) is 5.75 Å². The topological polar surface area (TPSA) is 67.4 Å². The first-order chi connectivity index (χ1) is 15.3. The van der Waals surface area contributed by atoms with E-state index in [0.717, 1.165) is 22.4 Å². The molecule has 0 aliphatic carbocycles. The Morgan fingerprint density at radius 3 is 2.16 bits per heavy atom. The lowest BCUT2D eigenvalue weighted by atomic mass is 9.96. The summed E-state index contributed by atoms with van der Waals surface area (Å²) in [5.41, 5.74) is 4.23. The van der Waals surface area contributed by atoms with E-state index in [2.05, 4.69) is 24.5 Å². The highest BCUT2D eigenvalue weighted by molar-refractivity contribution is 6.09. The van der Waals surface area contributed by atoms with Gasteiger partial charge in [0.05, 0.1) is 24.4 Å². The fraction of sp³-hybridized carbons (Fsp3) is 0.259. The number of nitrogens with one attached hydrogen (secondary N) is 2. The quantitative estimate of drug-likeness (QED) is 0.493. The van der Waals surface area contributed by atoms with Crippen molar-refractivity contribution in [3.05, 3.63) is 94.5 Å². The Kier molecular flexibility index (Phi) is 7.31. The number of hydrogen-bond donors (Lipinski definition) is 2. The standard InChI is InChI=1S/C27H30N2O3/c1-17(2)22-16-23(18(3)15-25(22)32-5)27(31)29-24-14-10-9-13-21(24)26(30)28-19(4)20-11-7-6-8-12-20/h6-17,19H,1-5H3,(H,28,30)(H,29,31)/t19-/m0/s1. The number of hydrogen-bond acceptors (Lipinski definition) is 3. The van der Waals surface area contributed by atoms with Crippen LogP contribution in [0.2, 0.25) is 0 Å². The van der Waals surface area contributed by atoms with Gasteiger partial charge in [-0.2, -0.15) is 0 Å². The highest BCUT2D eigenvalue weighted by atomic mass is 16.5. The molecule has 0 heterocycles. The van der Waals surface area contributed by atoms with Gasteiger partial charge in [-0.15, -0.1) is 0 Å². The molecule has 3 aromatic carbocycles. The molecule has 2 N–H and O–H groups in total. The molecule has 0 saturated heterocycles. The van der Waals surface area contributed by atoms with Gasteiger partial charge >= 0.3 is 0 Å². The number of benzene rings is 3. The van der Waals surface area contributed by atoms with Crippen molar-refractivity contribution in [2.75, 3.05) is 12.4 Å². The van der Waals surface area contributed by atoms with Crippen LogP contribution in [0.4, 0.5) is 5.69 Å². The number of carbonyl (C=O) groups excluding carboxylic acids is 2. The lowest BCUT2D eigenvalue weighted by Crippen LogP contribution is -2.28.